The molecule has 0 spiro atoms. The van der Waals surface area contributed by atoms with E-state index in [0.717, 1.165) is 23.1 Å². The van der Waals surface area contributed by atoms with Gasteiger partial charge in [-0.2, -0.15) is 0 Å². The van der Waals surface area contributed by atoms with Crippen LogP contribution in [-0.2, 0) is 14.3 Å². The molecule has 0 aliphatic carbocycles. The number of likely N-dealkylation sites (tertiary alicyclic amines) is 1. The first-order chi connectivity index (χ1) is 15.4. The highest BCUT2D eigenvalue weighted by atomic mass is 16.5. The molecule has 1 unspecified atom stereocenters. The van der Waals surface area contributed by atoms with Crippen molar-refractivity contribution < 1.29 is 24.2 Å². The minimum Gasteiger partial charge on any atom is -0.507 e. The van der Waals surface area contributed by atoms with Gasteiger partial charge in [-0.15, -0.1) is 0 Å². The second kappa shape index (κ2) is 10.5. The van der Waals surface area contributed by atoms with E-state index >= 15 is 0 Å². The first kappa shape index (κ1) is 23.5. The molecule has 1 aliphatic rings. The lowest BCUT2D eigenvalue weighted by molar-refractivity contribution is -0.140. The highest BCUT2D eigenvalue weighted by molar-refractivity contribution is 6.46. The van der Waals surface area contributed by atoms with Crippen LogP contribution in [-0.4, -0.2) is 48.6 Å². The Labute approximate surface area is 189 Å². The number of benzene rings is 2. The van der Waals surface area contributed by atoms with Gasteiger partial charge in [-0.3, -0.25) is 9.59 Å². The summed E-state index contributed by atoms with van der Waals surface area (Å²) in [5.74, 6) is -0.772. The van der Waals surface area contributed by atoms with Crippen LogP contribution in [0, 0.1) is 13.8 Å². The molecule has 0 aromatic heterocycles. The first-order valence-electron chi connectivity index (χ1n) is 11.0. The summed E-state index contributed by atoms with van der Waals surface area (Å²) < 4.78 is 10.9. The number of amides is 1. The highest BCUT2D eigenvalue weighted by Crippen LogP contribution is 2.40. The summed E-state index contributed by atoms with van der Waals surface area (Å²) in [4.78, 5) is 27.7. The monoisotopic (exact) mass is 437 g/mol. The molecule has 2 aromatic carbocycles. The number of aryl methyl sites for hydroxylation is 2. The molecular weight excluding hydrogens is 406 g/mol. The van der Waals surface area contributed by atoms with Gasteiger partial charge in [0.25, 0.3) is 11.7 Å². The molecule has 1 aliphatic heterocycles. The van der Waals surface area contributed by atoms with Crippen LogP contribution in [0.5, 0.6) is 5.75 Å². The number of methoxy groups -OCH3 is 1. The van der Waals surface area contributed by atoms with Gasteiger partial charge in [-0.25, -0.2) is 0 Å². The van der Waals surface area contributed by atoms with Gasteiger partial charge in [0.1, 0.15) is 11.5 Å². The van der Waals surface area contributed by atoms with Gasteiger partial charge in [0.2, 0.25) is 0 Å². The van der Waals surface area contributed by atoms with E-state index in [2.05, 4.69) is 0 Å². The van der Waals surface area contributed by atoms with Crippen LogP contribution in [0.4, 0.5) is 0 Å². The van der Waals surface area contributed by atoms with Gasteiger partial charge in [0.15, 0.2) is 0 Å². The summed E-state index contributed by atoms with van der Waals surface area (Å²) in [6.45, 7) is 7.20. The van der Waals surface area contributed by atoms with Gasteiger partial charge in [0.05, 0.1) is 18.2 Å². The Morgan fingerprint density at radius 3 is 2.59 bits per heavy atom. The van der Waals surface area contributed by atoms with Crippen LogP contribution in [0.2, 0.25) is 0 Å². The van der Waals surface area contributed by atoms with Gasteiger partial charge in [-0.05, 0) is 56.0 Å². The van der Waals surface area contributed by atoms with E-state index in [1.165, 1.54) is 4.90 Å². The van der Waals surface area contributed by atoms with Crippen LogP contribution in [0.1, 0.15) is 48.1 Å². The Kier molecular flexibility index (Phi) is 7.70. The Morgan fingerprint density at radius 2 is 1.88 bits per heavy atom. The summed E-state index contributed by atoms with van der Waals surface area (Å²) in [5, 5.41) is 11.3. The van der Waals surface area contributed by atoms with Crippen LogP contribution in [0.15, 0.2) is 48.0 Å². The van der Waals surface area contributed by atoms with Crippen molar-refractivity contribution in [2.75, 3.05) is 26.9 Å². The summed E-state index contributed by atoms with van der Waals surface area (Å²) in [6, 6.07) is 12.4. The molecule has 0 radical (unpaired) electrons. The number of hydrogen-bond acceptors (Lipinski definition) is 5. The highest BCUT2D eigenvalue weighted by Gasteiger charge is 2.46. The van der Waals surface area contributed by atoms with E-state index in [4.69, 9.17) is 9.47 Å². The van der Waals surface area contributed by atoms with E-state index in [-0.39, 0.29) is 11.3 Å². The van der Waals surface area contributed by atoms with Crippen molar-refractivity contribution in [1.29, 1.82) is 0 Å². The molecule has 3 rings (SSSR count). The largest absolute Gasteiger partial charge is 0.507 e. The number of hydrogen-bond donors (Lipinski definition) is 1. The normalized spacial score (nSPS) is 17.8. The second-order valence-electron chi connectivity index (χ2n) is 8.08. The fourth-order valence-electron chi connectivity index (χ4n) is 3.97. The van der Waals surface area contributed by atoms with Crippen molar-refractivity contribution in [2.45, 2.75) is 39.7 Å². The first-order valence-corrected chi connectivity index (χ1v) is 11.0. The predicted octanol–water partition coefficient (Wildman–Crippen LogP) is 4.55. The van der Waals surface area contributed by atoms with Crippen molar-refractivity contribution in [3.8, 4) is 5.75 Å². The summed E-state index contributed by atoms with van der Waals surface area (Å²) >= 11 is 0. The standard InChI is InChI=1S/C26H31NO5/c1-5-13-32-20-9-6-8-19(16-20)23-22(24(28)21-15-17(2)10-11-18(21)3)25(29)26(30)27(23)12-7-14-31-4/h6,8-11,15-16,23,28H,5,7,12-14H2,1-4H3/b24-22+. The number of carbonyl (C=O) groups is 2. The molecular formula is C26H31NO5. The van der Waals surface area contributed by atoms with Gasteiger partial charge < -0.3 is 19.5 Å². The van der Waals surface area contributed by atoms with E-state index in [9.17, 15) is 14.7 Å². The van der Waals surface area contributed by atoms with E-state index in [1.54, 1.807) is 7.11 Å². The Bertz CT molecular complexity index is 1030. The number of nitrogens with zero attached hydrogens (tertiary/aromatic N) is 1. The van der Waals surface area contributed by atoms with E-state index in [1.807, 2.05) is 63.2 Å². The summed E-state index contributed by atoms with van der Waals surface area (Å²) in [6.07, 6.45) is 1.45. The quantitative estimate of drug-likeness (QED) is 0.270. The number of carbonyl (C=O) groups excluding carboxylic acids is 2. The van der Waals surface area contributed by atoms with Crippen molar-refractivity contribution in [1.82, 2.24) is 4.90 Å². The summed E-state index contributed by atoms with van der Waals surface area (Å²) in [5.41, 5.74) is 3.18. The number of rotatable bonds is 9. The van der Waals surface area contributed by atoms with Crippen LogP contribution < -0.4 is 4.74 Å². The van der Waals surface area contributed by atoms with Crippen LogP contribution >= 0.6 is 0 Å². The maximum Gasteiger partial charge on any atom is 0.295 e. The van der Waals surface area contributed by atoms with Crippen molar-refractivity contribution in [2.24, 2.45) is 0 Å². The Hall–Kier alpha value is -3.12. The predicted molar refractivity (Wildman–Crippen MR) is 124 cm³/mol. The molecule has 6 heteroatoms. The average Bonchev–Trinajstić information content (AvgIpc) is 3.04. The number of ether oxygens (including phenoxy) is 2. The fourth-order valence-corrected chi connectivity index (χ4v) is 3.97. The zero-order valence-electron chi connectivity index (χ0n) is 19.2. The molecule has 170 valence electrons. The molecule has 1 saturated heterocycles. The van der Waals surface area contributed by atoms with E-state index < -0.39 is 17.7 Å². The lowest BCUT2D eigenvalue weighted by atomic mass is 9.93. The lowest BCUT2D eigenvalue weighted by Crippen LogP contribution is -2.31. The van der Waals surface area contributed by atoms with Crippen molar-refractivity contribution >= 4 is 17.4 Å². The van der Waals surface area contributed by atoms with Gasteiger partial charge in [0, 0.05) is 25.8 Å². The Morgan fingerprint density at radius 1 is 1.09 bits per heavy atom. The topological polar surface area (TPSA) is 76.1 Å². The minimum atomic E-state index is -0.697. The average molecular weight is 438 g/mol. The zero-order valence-corrected chi connectivity index (χ0v) is 19.2. The number of aliphatic hydroxyl groups excluding tert-OH is 1. The zero-order chi connectivity index (χ0) is 23.3. The number of ketones is 1. The van der Waals surface area contributed by atoms with Crippen LogP contribution in [0.3, 0.4) is 0 Å². The molecule has 1 N–H and O–H groups in total. The minimum absolute atomic E-state index is 0.105. The molecule has 1 atom stereocenters. The number of Topliss-reactive ketones (excluding diaryl/α,β-unsaturated/α-hetero) is 1. The SMILES string of the molecule is CCCOc1cccc(C2/C(=C(\O)c3cc(C)ccc3C)C(=O)C(=O)N2CCCOC)c1. The second-order valence-corrected chi connectivity index (χ2v) is 8.08. The maximum atomic E-state index is 13.1. The molecule has 1 heterocycles. The van der Waals surface area contributed by atoms with Crippen molar-refractivity contribution in [3.05, 3.63) is 70.3 Å². The third kappa shape index (κ3) is 4.86. The van der Waals surface area contributed by atoms with Gasteiger partial charge in [-0.1, -0.05) is 36.8 Å². The Balaban J connectivity index is 2.14. The molecule has 0 bridgehead atoms. The van der Waals surface area contributed by atoms with Gasteiger partial charge >= 0.3 is 0 Å². The smallest absolute Gasteiger partial charge is 0.295 e. The molecule has 6 nitrogen and oxygen atoms in total. The molecule has 0 saturated carbocycles. The van der Waals surface area contributed by atoms with E-state index in [0.29, 0.717) is 37.5 Å². The summed E-state index contributed by atoms with van der Waals surface area (Å²) in [7, 11) is 1.60. The van der Waals surface area contributed by atoms with Crippen LogP contribution in [0.25, 0.3) is 5.76 Å². The third-order valence-electron chi connectivity index (χ3n) is 5.58. The molecule has 1 fully saturated rings. The molecule has 32 heavy (non-hydrogen) atoms. The molecule has 2 aromatic rings. The fraction of sp³-hybridized carbons (Fsp3) is 0.385. The third-order valence-corrected chi connectivity index (χ3v) is 5.58. The molecule has 1 amide bonds. The van der Waals surface area contributed by atoms with Crippen molar-refractivity contribution in [3.63, 3.8) is 0 Å². The maximum absolute atomic E-state index is 13.1. The number of aliphatic hydroxyl groups is 1. The lowest BCUT2D eigenvalue weighted by Gasteiger charge is -2.25.